The zero-order valence-corrected chi connectivity index (χ0v) is 16.5. The van der Waals surface area contributed by atoms with Crippen molar-refractivity contribution in [1.29, 1.82) is 0 Å². The van der Waals surface area contributed by atoms with Crippen molar-refractivity contribution in [1.82, 2.24) is 9.55 Å². The number of aromatic hydroxyl groups is 1. The molecular weight excluding hydrogens is 403 g/mol. The fourth-order valence-corrected chi connectivity index (χ4v) is 3.34. The van der Waals surface area contributed by atoms with Gasteiger partial charge >= 0.3 is 0 Å². The van der Waals surface area contributed by atoms with E-state index in [4.69, 9.17) is 12.2 Å². The van der Waals surface area contributed by atoms with Gasteiger partial charge in [0.25, 0.3) is 5.56 Å². The molecule has 8 heteroatoms. The molecule has 3 N–H and O–H groups in total. The molecule has 0 amide bonds. The van der Waals surface area contributed by atoms with E-state index in [-0.39, 0.29) is 28.6 Å². The summed E-state index contributed by atoms with van der Waals surface area (Å²) in [5.74, 6) is -0.683. The number of benzene rings is 3. The van der Waals surface area contributed by atoms with E-state index in [1.165, 1.54) is 22.9 Å². The van der Waals surface area contributed by atoms with E-state index in [9.17, 15) is 14.3 Å². The Kier molecular flexibility index (Phi) is 5.40. The van der Waals surface area contributed by atoms with Crippen molar-refractivity contribution in [2.75, 3.05) is 5.43 Å². The Labute approximate surface area is 176 Å². The smallest absolute Gasteiger partial charge is 0.264 e. The summed E-state index contributed by atoms with van der Waals surface area (Å²) in [5, 5.41) is 16.8. The van der Waals surface area contributed by atoms with E-state index in [2.05, 4.69) is 15.5 Å². The first-order valence-electron chi connectivity index (χ1n) is 9.10. The Balaban J connectivity index is 1.64. The molecule has 0 radical (unpaired) electrons. The van der Waals surface area contributed by atoms with Crippen molar-refractivity contribution in [2.45, 2.75) is 6.54 Å². The number of aromatic nitrogens is 2. The van der Waals surface area contributed by atoms with Crippen LogP contribution in [0.2, 0.25) is 0 Å². The van der Waals surface area contributed by atoms with Crippen LogP contribution >= 0.6 is 12.2 Å². The third-order valence-corrected chi connectivity index (χ3v) is 4.95. The van der Waals surface area contributed by atoms with Crippen LogP contribution in [0.15, 0.2) is 76.6 Å². The molecule has 0 aliphatic carbocycles. The van der Waals surface area contributed by atoms with E-state index in [0.29, 0.717) is 5.56 Å². The SMILES string of the molecule is O=c1[nH]c(=S)n(Cc2ccc(F)cc2)c(O)c1/C=N/Nc1cccc2ccccc12. The van der Waals surface area contributed by atoms with Gasteiger partial charge in [-0.15, -0.1) is 0 Å². The Hall–Kier alpha value is -3.78. The Morgan fingerprint density at radius 1 is 1.10 bits per heavy atom. The van der Waals surface area contributed by atoms with Crippen LogP contribution in [0.5, 0.6) is 5.88 Å². The average Bonchev–Trinajstić information content (AvgIpc) is 2.75. The minimum atomic E-state index is -0.559. The lowest BCUT2D eigenvalue weighted by molar-refractivity contribution is 0.411. The number of halogens is 1. The highest BCUT2D eigenvalue weighted by Crippen LogP contribution is 2.23. The average molecular weight is 420 g/mol. The molecule has 6 nitrogen and oxygen atoms in total. The minimum absolute atomic E-state index is 0.0431. The summed E-state index contributed by atoms with van der Waals surface area (Å²) >= 11 is 5.17. The third kappa shape index (κ3) is 3.99. The Morgan fingerprint density at radius 3 is 2.63 bits per heavy atom. The first-order chi connectivity index (χ1) is 14.5. The second kappa shape index (κ2) is 8.30. The van der Waals surface area contributed by atoms with Gasteiger partial charge in [0, 0.05) is 5.39 Å². The Bertz CT molecular complexity index is 1360. The van der Waals surface area contributed by atoms with Gasteiger partial charge in [0.1, 0.15) is 11.4 Å². The highest BCUT2D eigenvalue weighted by atomic mass is 32.1. The van der Waals surface area contributed by atoms with Crippen molar-refractivity contribution >= 4 is 34.9 Å². The quantitative estimate of drug-likeness (QED) is 0.254. The van der Waals surface area contributed by atoms with Gasteiger partial charge in [-0.05, 0) is 41.4 Å². The van der Waals surface area contributed by atoms with Crippen molar-refractivity contribution < 1.29 is 9.50 Å². The van der Waals surface area contributed by atoms with Gasteiger partial charge in [-0.3, -0.25) is 19.8 Å². The Morgan fingerprint density at radius 2 is 1.83 bits per heavy atom. The molecule has 1 heterocycles. The molecule has 0 saturated heterocycles. The summed E-state index contributed by atoms with van der Waals surface area (Å²) in [6.07, 6.45) is 1.24. The number of rotatable bonds is 5. The molecule has 0 spiro atoms. The molecule has 1 aromatic heterocycles. The van der Waals surface area contributed by atoms with Gasteiger partial charge in [0.2, 0.25) is 5.88 Å². The van der Waals surface area contributed by atoms with Crippen LogP contribution in [-0.4, -0.2) is 20.9 Å². The van der Waals surface area contributed by atoms with Crippen molar-refractivity contribution in [3.63, 3.8) is 0 Å². The van der Waals surface area contributed by atoms with Gasteiger partial charge in [-0.2, -0.15) is 5.10 Å². The molecule has 30 heavy (non-hydrogen) atoms. The van der Waals surface area contributed by atoms with Crippen LogP contribution < -0.4 is 11.0 Å². The highest BCUT2D eigenvalue weighted by molar-refractivity contribution is 7.71. The van der Waals surface area contributed by atoms with Crippen LogP contribution in [0.25, 0.3) is 10.8 Å². The second-order valence-corrected chi connectivity index (χ2v) is 6.99. The molecule has 4 aromatic rings. The topological polar surface area (TPSA) is 82.4 Å². The van der Waals surface area contributed by atoms with E-state index in [0.717, 1.165) is 16.5 Å². The van der Waals surface area contributed by atoms with E-state index in [1.54, 1.807) is 12.1 Å². The standard InChI is InChI=1S/C22H17FN4O2S/c23-16-10-8-14(9-11-16)13-27-21(29)18(20(28)25-22(27)30)12-24-26-19-7-3-5-15-4-1-2-6-17(15)19/h1-12,26,29H,13H2,(H,25,28,30)/b24-12+. The van der Waals surface area contributed by atoms with Gasteiger partial charge in [-0.1, -0.05) is 48.5 Å². The number of nitrogens with one attached hydrogen (secondary N) is 2. The minimum Gasteiger partial charge on any atom is -0.494 e. The molecule has 0 saturated carbocycles. The van der Waals surface area contributed by atoms with Gasteiger partial charge in [-0.25, -0.2) is 4.39 Å². The van der Waals surface area contributed by atoms with Crippen LogP contribution in [-0.2, 0) is 6.54 Å². The fraction of sp³-hybridized carbons (Fsp3) is 0.0455. The van der Waals surface area contributed by atoms with E-state index in [1.807, 2.05) is 42.5 Å². The number of fused-ring (bicyclic) bond motifs is 1. The zero-order valence-electron chi connectivity index (χ0n) is 15.7. The predicted octanol–water partition coefficient (Wildman–Crippen LogP) is 4.40. The lowest BCUT2D eigenvalue weighted by Gasteiger charge is -2.11. The second-order valence-electron chi connectivity index (χ2n) is 6.61. The number of hydrazone groups is 1. The van der Waals surface area contributed by atoms with Gasteiger partial charge in [0.05, 0.1) is 18.4 Å². The lowest BCUT2D eigenvalue weighted by atomic mass is 10.1. The first-order valence-corrected chi connectivity index (χ1v) is 9.51. The third-order valence-electron chi connectivity index (χ3n) is 4.63. The number of H-pyrrole nitrogens is 1. The van der Waals surface area contributed by atoms with Crippen molar-refractivity contribution in [2.24, 2.45) is 5.10 Å². The number of anilines is 1. The largest absolute Gasteiger partial charge is 0.494 e. The molecule has 0 unspecified atom stereocenters. The predicted molar refractivity (Wildman–Crippen MR) is 118 cm³/mol. The molecule has 0 atom stereocenters. The summed E-state index contributed by atoms with van der Waals surface area (Å²) in [7, 11) is 0. The molecule has 0 aliphatic heterocycles. The lowest BCUT2D eigenvalue weighted by Crippen LogP contribution is -2.19. The molecule has 0 bridgehead atoms. The maximum absolute atomic E-state index is 13.1. The van der Waals surface area contributed by atoms with Crippen LogP contribution in [0.3, 0.4) is 0 Å². The zero-order chi connectivity index (χ0) is 21.1. The number of hydrogen-bond donors (Lipinski definition) is 3. The highest BCUT2D eigenvalue weighted by Gasteiger charge is 2.11. The monoisotopic (exact) mass is 420 g/mol. The number of hydrogen-bond acceptors (Lipinski definition) is 5. The van der Waals surface area contributed by atoms with Gasteiger partial charge < -0.3 is 5.11 Å². The molecule has 0 aliphatic rings. The van der Waals surface area contributed by atoms with Crippen molar-refractivity contribution in [3.05, 3.63) is 98.8 Å². The molecule has 150 valence electrons. The molecule has 3 aromatic carbocycles. The summed E-state index contributed by atoms with van der Waals surface area (Å²) in [5.41, 5.74) is 3.78. The van der Waals surface area contributed by atoms with Crippen molar-refractivity contribution in [3.8, 4) is 5.88 Å². The molecular formula is C22H17FN4O2S. The fourth-order valence-electron chi connectivity index (χ4n) is 3.10. The normalized spacial score (nSPS) is 11.2. The summed E-state index contributed by atoms with van der Waals surface area (Å²) in [4.78, 5) is 14.8. The van der Waals surface area contributed by atoms with Gasteiger partial charge in [0.15, 0.2) is 4.77 Å². The number of nitrogens with zero attached hydrogens (tertiary/aromatic N) is 2. The van der Waals surface area contributed by atoms with E-state index >= 15 is 0 Å². The first kappa shape index (κ1) is 19.5. The maximum Gasteiger partial charge on any atom is 0.264 e. The molecule has 4 rings (SSSR count). The number of aromatic amines is 1. The summed E-state index contributed by atoms with van der Waals surface area (Å²) in [6.45, 7) is 0.166. The summed E-state index contributed by atoms with van der Waals surface area (Å²) < 4.78 is 14.5. The maximum atomic E-state index is 13.1. The van der Waals surface area contributed by atoms with E-state index < -0.39 is 5.56 Å². The molecule has 0 fully saturated rings. The summed E-state index contributed by atoms with van der Waals surface area (Å²) in [6, 6.07) is 19.4. The van der Waals surface area contributed by atoms with Crippen LogP contribution in [0.4, 0.5) is 10.1 Å². The van der Waals surface area contributed by atoms with Crippen LogP contribution in [0, 0.1) is 10.6 Å². The van der Waals surface area contributed by atoms with Crippen LogP contribution in [0.1, 0.15) is 11.1 Å².